The van der Waals surface area contributed by atoms with E-state index in [1.54, 1.807) is 26.0 Å². The number of Topliss-reactive ketones (excluding diaryl/α,β-unsaturated/α-hetero) is 1. The highest BCUT2D eigenvalue weighted by Gasteiger charge is 2.32. The van der Waals surface area contributed by atoms with E-state index >= 15 is 0 Å². The molecule has 1 N–H and O–H groups in total. The van der Waals surface area contributed by atoms with Crippen LogP contribution in [0.25, 0.3) is 0 Å². The molecule has 0 radical (unpaired) electrons. The van der Waals surface area contributed by atoms with E-state index in [2.05, 4.69) is 9.46 Å². The molecule has 174 valence electrons. The molecule has 32 heavy (non-hydrogen) atoms. The van der Waals surface area contributed by atoms with E-state index in [0.717, 1.165) is 5.56 Å². The van der Waals surface area contributed by atoms with Crippen molar-refractivity contribution in [3.63, 3.8) is 0 Å². The Morgan fingerprint density at radius 2 is 1.50 bits per heavy atom. The number of sulfonamides is 1. The standard InChI is InChI=1S/C22H25F2NO6S/c1-13(2)19(25-32(28,29)18-11-5-14(3)6-12-18)21(27)30-15(4)20(26)16-7-9-17(10-8-16)31-22(23)24/h5-13,15,19,22,25H,1-4H3/t15?,19-/m0/s1. The molecule has 1 unspecified atom stereocenters. The van der Waals surface area contributed by atoms with Gasteiger partial charge in [0.15, 0.2) is 6.10 Å². The van der Waals surface area contributed by atoms with E-state index in [1.807, 2.05) is 6.92 Å². The van der Waals surface area contributed by atoms with E-state index in [1.165, 1.54) is 43.3 Å². The van der Waals surface area contributed by atoms with Gasteiger partial charge in [0.05, 0.1) is 4.90 Å². The van der Waals surface area contributed by atoms with Crippen LogP contribution in [0.2, 0.25) is 0 Å². The van der Waals surface area contributed by atoms with Crippen LogP contribution in [0, 0.1) is 12.8 Å². The number of esters is 1. The third-order valence-corrected chi connectivity index (χ3v) is 6.02. The molecular weight excluding hydrogens is 444 g/mol. The van der Waals surface area contributed by atoms with Gasteiger partial charge >= 0.3 is 12.6 Å². The Balaban J connectivity index is 2.09. The largest absolute Gasteiger partial charge is 0.453 e. The van der Waals surface area contributed by atoms with Crippen molar-refractivity contribution >= 4 is 21.8 Å². The second kappa shape index (κ2) is 10.6. The van der Waals surface area contributed by atoms with E-state index in [-0.39, 0.29) is 16.2 Å². The molecule has 0 spiro atoms. The Morgan fingerprint density at radius 1 is 0.938 bits per heavy atom. The van der Waals surface area contributed by atoms with Crippen LogP contribution in [0.5, 0.6) is 5.75 Å². The first kappa shape index (κ1) is 25.4. The van der Waals surface area contributed by atoms with Crippen molar-refractivity contribution in [1.29, 1.82) is 0 Å². The molecule has 2 rings (SSSR count). The summed E-state index contributed by atoms with van der Waals surface area (Å²) < 4.78 is 61.6. The average Bonchev–Trinajstić information content (AvgIpc) is 2.71. The predicted octanol–water partition coefficient (Wildman–Crippen LogP) is 3.71. The summed E-state index contributed by atoms with van der Waals surface area (Å²) in [6, 6.07) is 9.82. The number of benzene rings is 2. The Bertz CT molecular complexity index is 1040. The van der Waals surface area contributed by atoms with Crippen molar-refractivity contribution in [2.75, 3.05) is 0 Å². The van der Waals surface area contributed by atoms with Crippen molar-refractivity contribution in [3.05, 3.63) is 59.7 Å². The van der Waals surface area contributed by atoms with Crippen molar-refractivity contribution in [2.24, 2.45) is 5.92 Å². The maximum Gasteiger partial charge on any atom is 0.387 e. The van der Waals surface area contributed by atoms with Gasteiger partial charge in [0.25, 0.3) is 0 Å². The lowest BCUT2D eigenvalue weighted by atomic mass is 10.0. The number of hydrogen-bond acceptors (Lipinski definition) is 6. The summed E-state index contributed by atoms with van der Waals surface area (Å²) in [5.74, 6) is -2.07. The van der Waals surface area contributed by atoms with Gasteiger partial charge in [0, 0.05) is 5.56 Å². The van der Waals surface area contributed by atoms with Gasteiger partial charge < -0.3 is 9.47 Å². The van der Waals surface area contributed by atoms with E-state index in [4.69, 9.17) is 4.74 Å². The smallest absolute Gasteiger partial charge is 0.387 e. The van der Waals surface area contributed by atoms with Crippen LogP contribution in [0.15, 0.2) is 53.4 Å². The summed E-state index contributed by atoms with van der Waals surface area (Å²) in [4.78, 5) is 25.2. The van der Waals surface area contributed by atoms with E-state index < -0.39 is 46.5 Å². The fraction of sp³-hybridized carbons (Fsp3) is 0.364. The summed E-state index contributed by atoms with van der Waals surface area (Å²) in [5, 5.41) is 0. The molecular formula is C22H25F2NO6S. The SMILES string of the molecule is Cc1ccc(S(=O)(=O)N[C@H](C(=O)OC(C)C(=O)c2ccc(OC(F)F)cc2)C(C)C)cc1. The normalized spacial score (nSPS) is 13.6. The summed E-state index contributed by atoms with van der Waals surface area (Å²) in [7, 11) is -4.00. The molecule has 0 amide bonds. The minimum Gasteiger partial charge on any atom is -0.453 e. The van der Waals surface area contributed by atoms with Crippen LogP contribution in [0.4, 0.5) is 8.78 Å². The lowest BCUT2D eigenvalue weighted by molar-refractivity contribution is -0.149. The van der Waals surface area contributed by atoms with Gasteiger partial charge in [0.1, 0.15) is 11.8 Å². The predicted molar refractivity (Wildman–Crippen MR) is 113 cm³/mol. The molecule has 0 aliphatic carbocycles. The van der Waals surface area contributed by atoms with Crippen molar-refractivity contribution in [3.8, 4) is 5.75 Å². The number of ketones is 1. The molecule has 2 atom stereocenters. The fourth-order valence-electron chi connectivity index (χ4n) is 2.75. The zero-order valence-corrected chi connectivity index (χ0v) is 18.9. The minimum absolute atomic E-state index is 0.00298. The number of alkyl halides is 2. The average molecular weight is 470 g/mol. The third kappa shape index (κ3) is 6.83. The first-order valence-electron chi connectivity index (χ1n) is 9.79. The molecule has 0 bridgehead atoms. The zero-order valence-electron chi connectivity index (χ0n) is 18.0. The number of nitrogens with one attached hydrogen (secondary N) is 1. The lowest BCUT2D eigenvalue weighted by Gasteiger charge is -2.23. The molecule has 0 aliphatic rings. The second-order valence-corrected chi connectivity index (χ2v) is 9.22. The number of halogens is 2. The molecule has 0 saturated heterocycles. The Morgan fingerprint density at radius 3 is 2.00 bits per heavy atom. The molecule has 2 aromatic carbocycles. The number of ether oxygens (including phenoxy) is 2. The molecule has 0 aliphatic heterocycles. The van der Waals surface area contributed by atoms with Crippen LogP contribution < -0.4 is 9.46 Å². The first-order valence-corrected chi connectivity index (χ1v) is 11.3. The highest BCUT2D eigenvalue weighted by atomic mass is 32.2. The molecule has 0 aromatic heterocycles. The van der Waals surface area contributed by atoms with Crippen LogP contribution in [-0.4, -0.2) is 38.9 Å². The zero-order chi connectivity index (χ0) is 24.1. The number of aryl methyl sites for hydroxylation is 1. The summed E-state index contributed by atoms with van der Waals surface area (Å²) in [5.41, 5.74) is 0.998. The van der Waals surface area contributed by atoms with Crippen LogP contribution in [0.3, 0.4) is 0 Å². The maximum absolute atomic E-state index is 12.7. The molecule has 0 fully saturated rings. The van der Waals surface area contributed by atoms with Crippen LogP contribution in [-0.2, 0) is 19.6 Å². The monoisotopic (exact) mass is 469 g/mol. The van der Waals surface area contributed by atoms with Gasteiger partial charge in [0.2, 0.25) is 15.8 Å². The van der Waals surface area contributed by atoms with E-state index in [9.17, 15) is 26.8 Å². The van der Waals surface area contributed by atoms with Gasteiger partial charge in [-0.25, -0.2) is 8.42 Å². The maximum atomic E-state index is 12.7. The summed E-state index contributed by atoms with van der Waals surface area (Å²) in [6.07, 6.45) is -1.23. The van der Waals surface area contributed by atoms with Crippen LogP contribution >= 0.6 is 0 Å². The summed E-state index contributed by atoms with van der Waals surface area (Å²) >= 11 is 0. The molecule has 2 aromatic rings. The van der Waals surface area contributed by atoms with Crippen molar-refractivity contribution < 1.29 is 36.3 Å². The van der Waals surface area contributed by atoms with Gasteiger partial charge in [-0.05, 0) is 56.2 Å². The lowest BCUT2D eigenvalue weighted by Crippen LogP contribution is -2.46. The highest BCUT2D eigenvalue weighted by Crippen LogP contribution is 2.18. The molecule has 7 nitrogen and oxygen atoms in total. The topological polar surface area (TPSA) is 98.8 Å². The molecule has 10 heteroatoms. The summed E-state index contributed by atoms with van der Waals surface area (Å²) in [6.45, 7) is 3.44. The van der Waals surface area contributed by atoms with Gasteiger partial charge in [-0.15, -0.1) is 0 Å². The number of carbonyl (C=O) groups excluding carboxylic acids is 2. The second-order valence-electron chi connectivity index (χ2n) is 7.50. The van der Waals surface area contributed by atoms with Crippen LogP contribution in [0.1, 0.15) is 36.7 Å². The number of rotatable bonds is 10. The number of carbonyl (C=O) groups is 2. The molecule has 0 saturated carbocycles. The quantitative estimate of drug-likeness (QED) is 0.421. The molecule has 0 heterocycles. The third-order valence-electron chi connectivity index (χ3n) is 4.56. The van der Waals surface area contributed by atoms with Crippen molar-refractivity contribution in [2.45, 2.75) is 51.3 Å². The Kier molecular flexibility index (Phi) is 8.45. The van der Waals surface area contributed by atoms with Gasteiger partial charge in [-0.3, -0.25) is 9.59 Å². The van der Waals surface area contributed by atoms with Crippen molar-refractivity contribution in [1.82, 2.24) is 4.72 Å². The Hall–Kier alpha value is -2.85. The highest BCUT2D eigenvalue weighted by molar-refractivity contribution is 7.89. The fourth-order valence-corrected chi connectivity index (χ4v) is 4.08. The Labute approximate surface area is 185 Å². The van der Waals surface area contributed by atoms with Gasteiger partial charge in [-0.1, -0.05) is 31.5 Å². The minimum atomic E-state index is -4.00. The first-order chi connectivity index (χ1) is 14.9. The number of hydrogen-bond donors (Lipinski definition) is 1. The van der Waals surface area contributed by atoms with Gasteiger partial charge in [-0.2, -0.15) is 13.5 Å². The van der Waals surface area contributed by atoms with E-state index in [0.29, 0.717) is 0 Å².